The molecule has 1 heterocycles. The first-order chi connectivity index (χ1) is 10.9. The minimum atomic E-state index is -0.488. The van der Waals surface area contributed by atoms with Gasteiger partial charge in [-0.1, -0.05) is 12.1 Å². The van der Waals surface area contributed by atoms with Gasteiger partial charge in [0.15, 0.2) is 0 Å². The molecule has 1 amide bonds. The second-order valence-corrected chi connectivity index (χ2v) is 6.94. The van der Waals surface area contributed by atoms with Gasteiger partial charge in [0.25, 0.3) is 0 Å². The highest BCUT2D eigenvalue weighted by atomic mass is 16.6. The SMILES string of the molecule is CC(C)(C)OC(=O)Nc1ccc(CCNC2CCCOC2)cc1. The highest BCUT2D eigenvalue weighted by Crippen LogP contribution is 2.13. The lowest BCUT2D eigenvalue weighted by Crippen LogP contribution is -2.37. The standard InChI is InChI=1S/C18H28N2O3/c1-18(2,3)23-17(21)20-15-8-6-14(7-9-15)10-11-19-16-5-4-12-22-13-16/h6-9,16,19H,4-5,10-13H2,1-3H3,(H,20,21). The fourth-order valence-electron chi connectivity index (χ4n) is 2.50. The molecule has 0 saturated carbocycles. The normalized spacial score (nSPS) is 18.5. The molecule has 5 nitrogen and oxygen atoms in total. The Kier molecular flexibility index (Phi) is 6.42. The van der Waals surface area contributed by atoms with Crippen LogP contribution in [0.15, 0.2) is 24.3 Å². The number of carbonyl (C=O) groups excluding carboxylic acids is 1. The van der Waals surface area contributed by atoms with Crippen molar-refractivity contribution in [1.29, 1.82) is 0 Å². The maximum Gasteiger partial charge on any atom is 0.412 e. The first-order valence-corrected chi connectivity index (χ1v) is 8.32. The van der Waals surface area contributed by atoms with Crippen molar-refractivity contribution in [3.63, 3.8) is 0 Å². The number of amides is 1. The Bertz CT molecular complexity index is 488. The Balaban J connectivity index is 1.72. The van der Waals surface area contributed by atoms with E-state index in [2.05, 4.69) is 10.6 Å². The Morgan fingerprint density at radius 2 is 2.04 bits per heavy atom. The zero-order valence-corrected chi connectivity index (χ0v) is 14.4. The summed E-state index contributed by atoms with van der Waals surface area (Å²) in [5, 5.41) is 6.27. The fraction of sp³-hybridized carbons (Fsp3) is 0.611. The zero-order chi connectivity index (χ0) is 16.7. The number of ether oxygens (including phenoxy) is 2. The minimum Gasteiger partial charge on any atom is -0.444 e. The third-order valence-electron chi connectivity index (χ3n) is 3.61. The molecule has 1 aliphatic heterocycles. The first kappa shape index (κ1) is 17.8. The van der Waals surface area contributed by atoms with Crippen molar-refractivity contribution in [2.24, 2.45) is 0 Å². The molecule has 0 spiro atoms. The summed E-state index contributed by atoms with van der Waals surface area (Å²) in [4.78, 5) is 11.7. The highest BCUT2D eigenvalue weighted by Gasteiger charge is 2.16. The first-order valence-electron chi connectivity index (χ1n) is 8.32. The number of hydrogen-bond acceptors (Lipinski definition) is 4. The van der Waals surface area contributed by atoms with Gasteiger partial charge in [-0.15, -0.1) is 0 Å². The summed E-state index contributed by atoms with van der Waals surface area (Å²) < 4.78 is 10.7. The third kappa shape index (κ3) is 7.01. The van der Waals surface area contributed by atoms with Gasteiger partial charge in [0.1, 0.15) is 5.60 Å². The second-order valence-electron chi connectivity index (χ2n) is 6.94. The molecule has 1 aromatic rings. The van der Waals surface area contributed by atoms with E-state index in [1.54, 1.807) is 0 Å². The molecule has 23 heavy (non-hydrogen) atoms. The molecule has 2 rings (SSSR count). The molecular formula is C18H28N2O3. The summed E-state index contributed by atoms with van der Waals surface area (Å²) in [7, 11) is 0. The number of nitrogens with one attached hydrogen (secondary N) is 2. The van der Waals surface area contributed by atoms with Crippen molar-refractivity contribution < 1.29 is 14.3 Å². The predicted octanol–water partition coefficient (Wildman–Crippen LogP) is 3.34. The van der Waals surface area contributed by atoms with Crippen LogP contribution in [0, 0.1) is 0 Å². The van der Waals surface area contributed by atoms with Gasteiger partial charge < -0.3 is 14.8 Å². The van der Waals surface area contributed by atoms with Crippen LogP contribution < -0.4 is 10.6 Å². The molecule has 1 saturated heterocycles. The Morgan fingerprint density at radius 1 is 1.30 bits per heavy atom. The monoisotopic (exact) mass is 320 g/mol. The van der Waals surface area contributed by atoms with Gasteiger partial charge >= 0.3 is 6.09 Å². The number of hydrogen-bond donors (Lipinski definition) is 2. The number of benzene rings is 1. The summed E-state index contributed by atoms with van der Waals surface area (Å²) >= 11 is 0. The Morgan fingerprint density at radius 3 is 2.65 bits per heavy atom. The van der Waals surface area contributed by atoms with Crippen molar-refractivity contribution in [3.05, 3.63) is 29.8 Å². The van der Waals surface area contributed by atoms with Crippen LogP contribution in [-0.2, 0) is 15.9 Å². The largest absolute Gasteiger partial charge is 0.444 e. The molecular weight excluding hydrogens is 292 g/mol. The molecule has 0 bridgehead atoms. The van der Waals surface area contributed by atoms with E-state index in [9.17, 15) is 4.79 Å². The van der Waals surface area contributed by atoms with Gasteiger partial charge in [-0.2, -0.15) is 0 Å². The van der Waals surface area contributed by atoms with Crippen molar-refractivity contribution >= 4 is 11.8 Å². The number of anilines is 1. The molecule has 1 aromatic carbocycles. The van der Waals surface area contributed by atoms with E-state index < -0.39 is 11.7 Å². The summed E-state index contributed by atoms with van der Waals surface area (Å²) in [5.41, 5.74) is 1.50. The van der Waals surface area contributed by atoms with Crippen LogP contribution in [0.5, 0.6) is 0 Å². The van der Waals surface area contributed by atoms with E-state index in [1.807, 2.05) is 45.0 Å². The molecule has 128 valence electrons. The molecule has 0 radical (unpaired) electrons. The average molecular weight is 320 g/mol. The van der Waals surface area contributed by atoms with Crippen molar-refractivity contribution in [3.8, 4) is 0 Å². The van der Waals surface area contributed by atoms with Crippen LogP contribution in [0.2, 0.25) is 0 Å². The summed E-state index contributed by atoms with van der Waals surface area (Å²) in [6.07, 6.45) is 2.87. The number of rotatable bonds is 5. The molecule has 5 heteroatoms. The number of carbonyl (C=O) groups is 1. The lowest BCUT2D eigenvalue weighted by molar-refractivity contribution is 0.0636. The van der Waals surface area contributed by atoms with E-state index in [4.69, 9.17) is 9.47 Å². The zero-order valence-electron chi connectivity index (χ0n) is 14.4. The third-order valence-corrected chi connectivity index (χ3v) is 3.61. The predicted molar refractivity (Wildman–Crippen MR) is 91.8 cm³/mol. The summed E-state index contributed by atoms with van der Waals surface area (Å²) in [5.74, 6) is 0. The fourth-order valence-corrected chi connectivity index (χ4v) is 2.50. The Labute approximate surface area is 138 Å². The highest BCUT2D eigenvalue weighted by molar-refractivity contribution is 5.84. The molecule has 1 fully saturated rings. The van der Waals surface area contributed by atoms with Gasteiger partial charge in [0.2, 0.25) is 0 Å². The topological polar surface area (TPSA) is 59.6 Å². The smallest absolute Gasteiger partial charge is 0.412 e. The van der Waals surface area contributed by atoms with Gasteiger partial charge in [0.05, 0.1) is 6.61 Å². The lowest BCUT2D eigenvalue weighted by atomic mass is 10.1. The van der Waals surface area contributed by atoms with E-state index in [1.165, 1.54) is 12.0 Å². The maximum atomic E-state index is 11.7. The van der Waals surface area contributed by atoms with Gasteiger partial charge in [-0.05, 0) is 64.3 Å². The van der Waals surface area contributed by atoms with E-state index in [0.717, 1.165) is 38.3 Å². The van der Waals surface area contributed by atoms with Crippen molar-refractivity contribution in [1.82, 2.24) is 5.32 Å². The summed E-state index contributed by atoms with van der Waals surface area (Å²) in [6.45, 7) is 8.19. The summed E-state index contributed by atoms with van der Waals surface area (Å²) in [6, 6.07) is 8.36. The van der Waals surface area contributed by atoms with Crippen LogP contribution in [0.3, 0.4) is 0 Å². The molecule has 1 unspecified atom stereocenters. The van der Waals surface area contributed by atoms with Crippen molar-refractivity contribution in [2.75, 3.05) is 25.1 Å². The Hall–Kier alpha value is -1.59. The van der Waals surface area contributed by atoms with E-state index in [-0.39, 0.29) is 0 Å². The molecule has 0 aromatic heterocycles. The van der Waals surface area contributed by atoms with Gasteiger partial charge in [-0.25, -0.2) is 4.79 Å². The molecule has 2 N–H and O–H groups in total. The van der Waals surface area contributed by atoms with Crippen LogP contribution in [0.1, 0.15) is 39.2 Å². The minimum absolute atomic E-state index is 0.427. The average Bonchev–Trinajstić information content (AvgIpc) is 2.48. The second kappa shape index (κ2) is 8.31. The van der Waals surface area contributed by atoms with Gasteiger partial charge in [0, 0.05) is 18.3 Å². The van der Waals surface area contributed by atoms with Gasteiger partial charge in [-0.3, -0.25) is 5.32 Å². The van der Waals surface area contributed by atoms with Crippen LogP contribution in [0.25, 0.3) is 0 Å². The molecule has 1 atom stereocenters. The lowest BCUT2D eigenvalue weighted by Gasteiger charge is -2.23. The maximum absolute atomic E-state index is 11.7. The van der Waals surface area contributed by atoms with Crippen LogP contribution >= 0.6 is 0 Å². The quantitative estimate of drug-likeness (QED) is 0.873. The van der Waals surface area contributed by atoms with Crippen molar-refractivity contribution in [2.45, 2.75) is 51.7 Å². The van der Waals surface area contributed by atoms with Crippen LogP contribution in [-0.4, -0.2) is 37.5 Å². The van der Waals surface area contributed by atoms with Crippen LogP contribution in [0.4, 0.5) is 10.5 Å². The van der Waals surface area contributed by atoms with E-state index >= 15 is 0 Å². The molecule has 0 aliphatic carbocycles. The molecule has 1 aliphatic rings. The van der Waals surface area contributed by atoms with E-state index in [0.29, 0.717) is 6.04 Å².